The summed E-state index contributed by atoms with van der Waals surface area (Å²) in [5.74, 6) is -0.276. The van der Waals surface area contributed by atoms with E-state index in [2.05, 4.69) is 144 Å². The summed E-state index contributed by atoms with van der Waals surface area (Å²) in [7, 11) is 0. The molecule has 2 aromatic heterocycles. The predicted octanol–water partition coefficient (Wildman–Crippen LogP) is 14.9. The average Bonchev–Trinajstić information content (AvgIpc) is 3.89. The second-order valence-electron chi connectivity index (χ2n) is 16.4. The van der Waals surface area contributed by atoms with Crippen molar-refractivity contribution in [3.05, 3.63) is 156 Å². The van der Waals surface area contributed by atoms with Gasteiger partial charge in [0.1, 0.15) is 0 Å². The Morgan fingerprint density at radius 1 is 0.448 bits per heavy atom. The van der Waals surface area contributed by atoms with Gasteiger partial charge in [0.2, 0.25) is 0 Å². The summed E-state index contributed by atoms with van der Waals surface area (Å²) in [5.41, 5.74) is 9.26. The molecule has 0 aliphatic carbocycles. The fraction of sp³-hybridized carbons (Fsp3) is 0.352. The summed E-state index contributed by atoms with van der Waals surface area (Å²) in [6, 6.07) is 47.5. The third-order valence-corrected chi connectivity index (χ3v) is 12.5. The SMILES string of the molecule is CCCCCCCCCn1c(-c2ccccc2)c(C2(c3c(-c4ccccc4)n(CCCCCCCCC)c4ccccc34)OC(=O)c3ccccc32)c2ccccc21. The van der Waals surface area contributed by atoms with E-state index in [1.165, 1.54) is 88.1 Å². The quantitative estimate of drug-likeness (QED) is 0.0572. The number of nitrogens with zero attached hydrogens (tertiary/aromatic N) is 2. The summed E-state index contributed by atoms with van der Waals surface area (Å²) in [5, 5.41) is 2.24. The summed E-state index contributed by atoms with van der Waals surface area (Å²) >= 11 is 0. The lowest BCUT2D eigenvalue weighted by Gasteiger charge is -2.32. The van der Waals surface area contributed by atoms with E-state index in [0.717, 1.165) is 75.9 Å². The van der Waals surface area contributed by atoms with Crippen molar-refractivity contribution in [2.45, 2.75) is 122 Å². The lowest BCUT2D eigenvalue weighted by molar-refractivity contribution is 0.0262. The van der Waals surface area contributed by atoms with Crippen LogP contribution in [0.25, 0.3) is 44.3 Å². The maximum atomic E-state index is 14.6. The molecule has 0 amide bonds. The van der Waals surface area contributed by atoms with E-state index in [1.807, 2.05) is 12.1 Å². The Bertz CT molecular complexity index is 2300. The van der Waals surface area contributed by atoms with E-state index in [-0.39, 0.29) is 5.97 Å². The highest BCUT2D eigenvalue weighted by Gasteiger charge is 2.54. The van der Waals surface area contributed by atoms with Gasteiger partial charge in [0, 0.05) is 51.6 Å². The first kappa shape index (κ1) is 39.5. The van der Waals surface area contributed by atoms with Crippen LogP contribution in [0.5, 0.6) is 0 Å². The number of ether oxygens (including phenoxy) is 1. The molecule has 0 bridgehead atoms. The van der Waals surface area contributed by atoms with Gasteiger partial charge in [-0.2, -0.15) is 0 Å². The molecule has 298 valence electrons. The number of aromatic nitrogens is 2. The lowest BCUT2D eigenvalue weighted by Crippen LogP contribution is -2.31. The average molecular weight is 769 g/mol. The monoisotopic (exact) mass is 768 g/mol. The number of unbranched alkanes of at least 4 members (excludes halogenated alkanes) is 12. The molecule has 1 aliphatic heterocycles. The van der Waals surface area contributed by atoms with E-state index in [0.29, 0.717) is 5.56 Å². The highest BCUT2D eigenvalue weighted by Crippen LogP contribution is 2.57. The molecule has 0 saturated heterocycles. The van der Waals surface area contributed by atoms with Crippen molar-refractivity contribution in [2.24, 2.45) is 0 Å². The molecule has 8 rings (SSSR count). The van der Waals surface area contributed by atoms with E-state index in [1.54, 1.807) is 0 Å². The molecule has 7 aromatic rings. The Labute approximate surface area is 345 Å². The van der Waals surface area contributed by atoms with E-state index in [4.69, 9.17) is 4.74 Å². The van der Waals surface area contributed by atoms with Crippen LogP contribution in [0.2, 0.25) is 0 Å². The van der Waals surface area contributed by atoms with Gasteiger partial charge < -0.3 is 13.9 Å². The van der Waals surface area contributed by atoms with Gasteiger partial charge >= 0.3 is 5.97 Å². The molecule has 58 heavy (non-hydrogen) atoms. The smallest absolute Gasteiger partial charge is 0.340 e. The standard InChI is InChI=1S/C54H60N2O2/c1-3-5-7-9-11-13-27-39-55-47-37-25-22-34-44(47)49(51(55)41-29-17-15-18-30-41)54(46-36-24-21-33-43(46)53(57)58-54)50-45-35-23-26-38-48(45)56(40-28-14-12-10-8-6-4-2)52(50)42-31-19-16-20-32-42/h15-26,29-38H,3-14,27-28,39-40H2,1-2H3. The second kappa shape index (κ2) is 18.5. The Hall–Kier alpha value is -5.35. The van der Waals surface area contributed by atoms with E-state index >= 15 is 0 Å². The zero-order valence-electron chi connectivity index (χ0n) is 34.7. The first-order valence-corrected chi connectivity index (χ1v) is 22.4. The number of aryl methyl sites for hydroxylation is 2. The van der Waals surface area contributed by atoms with Gasteiger partial charge in [0.05, 0.1) is 17.0 Å². The molecular formula is C54H60N2O2. The Morgan fingerprint density at radius 2 is 0.845 bits per heavy atom. The van der Waals surface area contributed by atoms with Gasteiger partial charge in [-0.05, 0) is 42.2 Å². The number of hydrogen-bond acceptors (Lipinski definition) is 2. The van der Waals surface area contributed by atoms with Crippen LogP contribution in [-0.4, -0.2) is 15.1 Å². The molecule has 0 N–H and O–H groups in total. The number of rotatable bonds is 20. The van der Waals surface area contributed by atoms with Gasteiger partial charge in [-0.3, -0.25) is 0 Å². The topological polar surface area (TPSA) is 36.2 Å². The molecule has 1 aliphatic rings. The van der Waals surface area contributed by atoms with Crippen molar-refractivity contribution >= 4 is 27.8 Å². The molecule has 3 heterocycles. The third-order valence-electron chi connectivity index (χ3n) is 12.5. The summed E-state index contributed by atoms with van der Waals surface area (Å²) in [6.45, 7) is 6.33. The van der Waals surface area contributed by atoms with Gasteiger partial charge in [-0.1, -0.05) is 206 Å². The van der Waals surface area contributed by atoms with Crippen LogP contribution >= 0.6 is 0 Å². The number of fused-ring (bicyclic) bond motifs is 3. The van der Waals surface area contributed by atoms with E-state index in [9.17, 15) is 4.79 Å². The highest BCUT2D eigenvalue weighted by molar-refractivity contribution is 6.05. The molecule has 0 atom stereocenters. The zero-order chi connectivity index (χ0) is 39.7. The van der Waals surface area contributed by atoms with Crippen LogP contribution in [0.3, 0.4) is 0 Å². The van der Waals surface area contributed by atoms with Gasteiger partial charge in [-0.25, -0.2) is 4.79 Å². The zero-order valence-corrected chi connectivity index (χ0v) is 34.7. The Morgan fingerprint density at radius 3 is 1.33 bits per heavy atom. The molecule has 0 radical (unpaired) electrons. The minimum Gasteiger partial charge on any atom is -0.440 e. The summed E-state index contributed by atoms with van der Waals surface area (Å²) in [6.07, 6.45) is 17.4. The summed E-state index contributed by atoms with van der Waals surface area (Å²) < 4.78 is 12.3. The number of cyclic esters (lactones) is 1. The maximum absolute atomic E-state index is 14.6. The highest BCUT2D eigenvalue weighted by atomic mass is 16.6. The molecule has 0 fully saturated rings. The molecule has 0 unspecified atom stereocenters. The summed E-state index contributed by atoms with van der Waals surface area (Å²) in [4.78, 5) is 14.6. The number of carbonyl (C=O) groups excluding carboxylic acids is 1. The Kier molecular flexibility index (Phi) is 12.6. The number of esters is 1. The minimum atomic E-state index is -1.24. The van der Waals surface area contributed by atoms with Crippen molar-refractivity contribution in [1.82, 2.24) is 9.13 Å². The lowest BCUT2D eigenvalue weighted by atomic mass is 9.75. The third kappa shape index (κ3) is 7.54. The molecule has 0 saturated carbocycles. The maximum Gasteiger partial charge on any atom is 0.340 e. The molecule has 4 nitrogen and oxygen atoms in total. The van der Waals surface area contributed by atoms with Crippen LogP contribution < -0.4 is 0 Å². The van der Waals surface area contributed by atoms with Gasteiger partial charge in [0.25, 0.3) is 0 Å². The van der Waals surface area contributed by atoms with Crippen molar-refractivity contribution in [3.8, 4) is 22.5 Å². The van der Waals surface area contributed by atoms with Gasteiger partial charge in [-0.15, -0.1) is 0 Å². The molecule has 0 spiro atoms. The van der Waals surface area contributed by atoms with Crippen molar-refractivity contribution in [1.29, 1.82) is 0 Å². The van der Waals surface area contributed by atoms with Crippen LogP contribution in [0.4, 0.5) is 0 Å². The van der Waals surface area contributed by atoms with Gasteiger partial charge in [0.15, 0.2) is 5.60 Å². The van der Waals surface area contributed by atoms with Crippen LogP contribution in [0, 0.1) is 0 Å². The van der Waals surface area contributed by atoms with Crippen molar-refractivity contribution in [3.63, 3.8) is 0 Å². The predicted molar refractivity (Wildman–Crippen MR) is 242 cm³/mol. The fourth-order valence-corrected chi connectivity index (χ4v) is 9.74. The fourth-order valence-electron chi connectivity index (χ4n) is 9.74. The molecular weight excluding hydrogens is 709 g/mol. The number of carbonyl (C=O) groups is 1. The number of para-hydroxylation sites is 2. The number of benzene rings is 5. The van der Waals surface area contributed by atoms with Crippen molar-refractivity contribution in [2.75, 3.05) is 0 Å². The minimum absolute atomic E-state index is 0.276. The first-order valence-electron chi connectivity index (χ1n) is 22.4. The second-order valence-corrected chi connectivity index (χ2v) is 16.4. The number of hydrogen-bond donors (Lipinski definition) is 0. The van der Waals surface area contributed by atoms with E-state index < -0.39 is 5.60 Å². The van der Waals surface area contributed by atoms with Crippen LogP contribution in [0.15, 0.2) is 133 Å². The normalized spacial score (nSPS) is 13.4. The van der Waals surface area contributed by atoms with Crippen LogP contribution in [0.1, 0.15) is 131 Å². The van der Waals surface area contributed by atoms with Crippen LogP contribution in [-0.2, 0) is 23.4 Å². The molecule has 5 aromatic carbocycles. The molecule has 4 heteroatoms. The largest absolute Gasteiger partial charge is 0.440 e. The Balaban J connectivity index is 1.40. The van der Waals surface area contributed by atoms with Crippen molar-refractivity contribution < 1.29 is 9.53 Å². The first-order chi connectivity index (χ1) is 28.7.